The van der Waals surface area contributed by atoms with Crippen molar-refractivity contribution in [2.45, 2.75) is 37.5 Å². The molecule has 2 atom stereocenters. The number of likely N-dealkylation sites (N-methyl/N-ethyl adjacent to an activating group) is 1. The molecule has 0 aromatic heterocycles. The maximum absolute atomic E-state index is 12.3. The van der Waals surface area contributed by atoms with E-state index in [0.29, 0.717) is 5.25 Å². The van der Waals surface area contributed by atoms with Gasteiger partial charge in [0.2, 0.25) is 0 Å². The highest BCUT2D eigenvalue weighted by atomic mass is 32.2. The van der Waals surface area contributed by atoms with Gasteiger partial charge in [-0.1, -0.05) is 44.2 Å². The molecular formula is C16H25NO2S. The van der Waals surface area contributed by atoms with Crippen molar-refractivity contribution in [1.82, 2.24) is 5.32 Å². The van der Waals surface area contributed by atoms with E-state index < -0.39 is 5.54 Å². The Labute approximate surface area is 126 Å². The minimum atomic E-state index is -0.754. The van der Waals surface area contributed by atoms with Crippen LogP contribution in [0.4, 0.5) is 0 Å². The number of nitrogens with one attached hydrogen (secondary N) is 1. The maximum Gasteiger partial charge on any atom is 0.330 e. The van der Waals surface area contributed by atoms with Crippen molar-refractivity contribution in [2.75, 3.05) is 19.9 Å². The smallest absolute Gasteiger partial charge is 0.330 e. The maximum atomic E-state index is 12.3. The molecule has 1 rings (SSSR count). The highest BCUT2D eigenvalue weighted by Gasteiger charge is 2.39. The average molecular weight is 295 g/mol. The van der Waals surface area contributed by atoms with Crippen LogP contribution in [0.1, 0.15) is 32.3 Å². The molecule has 112 valence electrons. The number of hydrogen-bond donors (Lipinski definition) is 1. The molecule has 0 saturated heterocycles. The van der Waals surface area contributed by atoms with Crippen LogP contribution in [0.2, 0.25) is 0 Å². The van der Waals surface area contributed by atoms with E-state index in [1.807, 2.05) is 49.1 Å². The summed E-state index contributed by atoms with van der Waals surface area (Å²) < 4.78 is 5.03. The van der Waals surface area contributed by atoms with Crippen LogP contribution in [0.25, 0.3) is 0 Å². The molecule has 0 spiro atoms. The fourth-order valence-corrected chi connectivity index (χ4v) is 3.23. The predicted octanol–water partition coefficient (Wildman–Crippen LogP) is 3.20. The minimum absolute atomic E-state index is 0.226. The Balaban J connectivity index is 2.92. The van der Waals surface area contributed by atoms with E-state index in [4.69, 9.17) is 4.74 Å². The Kier molecular flexibility index (Phi) is 7.10. The summed E-state index contributed by atoms with van der Waals surface area (Å²) in [4.78, 5) is 12.3. The molecule has 0 aliphatic heterocycles. The third-order valence-electron chi connectivity index (χ3n) is 3.68. The van der Waals surface area contributed by atoms with Crippen LogP contribution in [-0.2, 0) is 15.1 Å². The minimum Gasteiger partial charge on any atom is -0.467 e. The molecule has 20 heavy (non-hydrogen) atoms. The quantitative estimate of drug-likeness (QED) is 0.748. The molecule has 0 amide bonds. The van der Waals surface area contributed by atoms with Gasteiger partial charge in [-0.3, -0.25) is 0 Å². The van der Waals surface area contributed by atoms with Crippen molar-refractivity contribution in [3.8, 4) is 0 Å². The van der Waals surface area contributed by atoms with Crippen molar-refractivity contribution in [3.63, 3.8) is 0 Å². The largest absolute Gasteiger partial charge is 0.467 e. The van der Waals surface area contributed by atoms with Crippen LogP contribution in [-0.4, -0.2) is 31.1 Å². The van der Waals surface area contributed by atoms with Gasteiger partial charge in [0, 0.05) is 5.25 Å². The molecule has 0 saturated carbocycles. The third kappa shape index (κ3) is 4.00. The van der Waals surface area contributed by atoms with Gasteiger partial charge in [0.25, 0.3) is 0 Å². The fourth-order valence-electron chi connectivity index (χ4n) is 2.16. The first-order valence-electron chi connectivity index (χ1n) is 7.05. The van der Waals surface area contributed by atoms with Crippen LogP contribution in [0.15, 0.2) is 30.3 Å². The van der Waals surface area contributed by atoms with Crippen LogP contribution in [0, 0.1) is 0 Å². The monoisotopic (exact) mass is 295 g/mol. The zero-order valence-electron chi connectivity index (χ0n) is 12.8. The number of carbonyl (C=O) groups is 1. The van der Waals surface area contributed by atoms with Gasteiger partial charge in [-0.05, 0) is 31.2 Å². The van der Waals surface area contributed by atoms with E-state index in [1.54, 1.807) is 0 Å². The second-order valence-electron chi connectivity index (χ2n) is 4.85. The summed E-state index contributed by atoms with van der Waals surface area (Å²) in [6.07, 6.45) is 1.86. The van der Waals surface area contributed by atoms with Gasteiger partial charge in [-0.2, -0.15) is 11.8 Å². The van der Waals surface area contributed by atoms with Crippen LogP contribution in [0.5, 0.6) is 0 Å². The first kappa shape index (κ1) is 17.1. The molecule has 1 aromatic carbocycles. The lowest BCUT2D eigenvalue weighted by molar-refractivity contribution is -0.149. The first-order valence-corrected chi connectivity index (χ1v) is 8.10. The van der Waals surface area contributed by atoms with Gasteiger partial charge in [0.15, 0.2) is 0 Å². The van der Waals surface area contributed by atoms with Crippen LogP contribution in [0.3, 0.4) is 0 Å². The highest BCUT2D eigenvalue weighted by molar-refractivity contribution is 7.99. The summed E-state index contributed by atoms with van der Waals surface area (Å²) in [7, 11) is 3.26. The first-order chi connectivity index (χ1) is 9.60. The molecule has 0 aliphatic carbocycles. The van der Waals surface area contributed by atoms with E-state index >= 15 is 0 Å². The van der Waals surface area contributed by atoms with Gasteiger partial charge in [0.1, 0.15) is 5.54 Å². The Morgan fingerprint density at radius 1 is 1.40 bits per heavy atom. The fraction of sp³-hybridized carbons (Fsp3) is 0.562. The van der Waals surface area contributed by atoms with E-state index in [2.05, 4.69) is 19.2 Å². The number of methoxy groups -OCH3 is 1. The number of hydrogen-bond acceptors (Lipinski definition) is 4. The molecule has 1 aromatic rings. The second kappa shape index (κ2) is 8.32. The Morgan fingerprint density at radius 2 is 2.05 bits per heavy atom. The standard InChI is InChI=1S/C16H25NO2S/c1-5-13(2)20-12-11-16(17-3,15(18)19-4)14-9-7-6-8-10-14/h6-10,13,17H,5,11-12H2,1-4H3. The zero-order chi connectivity index (χ0) is 15.0. The van der Waals surface area contributed by atoms with Crippen molar-refractivity contribution in [3.05, 3.63) is 35.9 Å². The van der Waals surface area contributed by atoms with Crippen LogP contribution >= 0.6 is 11.8 Å². The lowest BCUT2D eigenvalue weighted by atomic mass is 9.87. The molecule has 4 heteroatoms. The van der Waals surface area contributed by atoms with E-state index in [0.717, 1.165) is 24.2 Å². The lowest BCUT2D eigenvalue weighted by Gasteiger charge is -2.31. The molecule has 2 unspecified atom stereocenters. The normalized spacial score (nSPS) is 15.4. The molecule has 3 nitrogen and oxygen atoms in total. The summed E-state index contributed by atoms with van der Waals surface area (Å²) in [5.41, 5.74) is 0.204. The van der Waals surface area contributed by atoms with E-state index in [-0.39, 0.29) is 5.97 Å². The van der Waals surface area contributed by atoms with Crippen molar-refractivity contribution >= 4 is 17.7 Å². The Bertz CT molecular complexity index is 410. The molecule has 0 aliphatic rings. The van der Waals surface area contributed by atoms with Gasteiger partial charge < -0.3 is 10.1 Å². The van der Waals surface area contributed by atoms with Gasteiger partial charge >= 0.3 is 5.97 Å². The van der Waals surface area contributed by atoms with Crippen molar-refractivity contribution in [2.24, 2.45) is 0 Å². The molecular weight excluding hydrogens is 270 g/mol. The van der Waals surface area contributed by atoms with Gasteiger partial charge in [0.05, 0.1) is 7.11 Å². The van der Waals surface area contributed by atoms with Crippen LogP contribution < -0.4 is 5.32 Å². The molecule has 0 heterocycles. The lowest BCUT2D eigenvalue weighted by Crippen LogP contribution is -2.48. The van der Waals surface area contributed by atoms with Crippen molar-refractivity contribution < 1.29 is 9.53 Å². The summed E-state index contributed by atoms with van der Waals surface area (Å²) in [6.45, 7) is 4.40. The molecule has 1 N–H and O–H groups in total. The molecule has 0 bridgehead atoms. The molecule has 0 radical (unpaired) electrons. The van der Waals surface area contributed by atoms with Gasteiger partial charge in [-0.15, -0.1) is 0 Å². The third-order valence-corrected chi connectivity index (χ3v) is 5.02. The van der Waals surface area contributed by atoms with Gasteiger partial charge in [-0.25, -0.2) is 4.79 Å². The highest BCUT2D eigenvalue weighted by Crippen LogP contribution is 2.29. The average Bonchev–Trinajstić information content (AvgIpc) is 2.51. The number of carbonyl (C=O) groups excluding carboxylic acids is 1. The topological polar surface area (TPSA) is 38.3 Å². The summed E-state index contributed by atoms with van der Waals surface area (Å²) in [5, 5.41) is 3.80. The van der Waals surface area contributed by atoms with Crippen molar-refractivity contribution in [1.29, 1.82) is 0 Å². The number of benzene rings is 1. The summed E-state index contributed by atoms with van der Waals surface area (Å²) in [6, 6.07) is 9.80. The number of ether oxygens (including phenoxy) is 1. The summed E-state index contributed by atoms with van der Waals surface area (Å²) >= 11 is 1.89. The second-order valence-corrected chi connectivity index (χ2v) is 6.40. The predicted molar refractivity (Wildman–Crippen MR) is 86.0 cm³/mol. The Hall–Kier alpha value is -1.00. The van der Waals surface area contributed by atoms with E-state index in [9.17, 15) is 4.79 Å². The number of rotatable bonds is 8. The molecule has 0 fully saturated rings. The Morgan fingerprint density at radius 3 is 2.55 bits per heavy atom. The SMILES string of the molecule is CCC(C)SCCC(NC)(C(=O)OC)c1ccccc1. The zero-order valence-corrected chi connectivity index (χ0v) is 13.6. The van der Waals surface area contributed by atoms with E-state index in [1.165, 1.54) is 7.11 Å². The number of esters is 1. The summed E-state index contributed by atoms with van der Waals surface area (Å²) in [5.74, 6) is 0.691. The number of thioether (sulfide) groups is 1.